The number of ether oxygens (including phenoxy) is 1. The highest BCUT2D eigenvalue weighted by Gasteiger charge is 2.53. The normalized spacial score (nSPS) is 54.9. The Balaban J connectivity index is 2.15. The summed E-state index contributed by atoms with van der Waals surface area (Å²) in [5.41, 5.74) is 0. The number of carbonyl (C=O) groups is 1. The summed E-state index contributed by atoms with van der Waals surface area (Å²) in [4.78, 5) is 10.4. The van der Waals surface area contributed by atoms with Gasteiger partial charge in [0.25, 0.3) is 0 Å². The minimum Gasteiger partial charge on any atom is -0.388 e. The van der Waals surface area contributed by atoms with Crippen molar-refractivity contribution in [3.8, 4) is 0 Å². The number of aliphatic hydroxyl groups is 2. The van der Waals surface area contributed by atoms with Gasteiger partial charge in [0.05, 0.1) is 12.2 Å². The van der Waals surface area contributed by atoms with Crippen LogP contribution >= 0.6 is 0 Å². The Morgan fingerprint density at radius 3 is 2.55 bits per heavy atom. The zero-order chi connectivity index (χ0) is 8.01. The fraction of sp³-hybridized carbons (Fsp3) is 0.857. The predicted molar refractivity (Wildman–Crippen MR) is 34.8 cm³/mol. The molecule has 2 saturated heterocycles. The SMILES string of the molecule is O=C[C@H]1C[C@@H]2O[C@H]1[C@@H](O)[C@H]2O. The topological polar surface area (TPSA) is 66.8 Å². The summed E-state index contributed by atoms with van der Waals surface area (Å²) < 4.78 is 5.17. The van der Waals surface area contributed by atoms with Gasteiger partial charge in [0.1, 0.15) is 18.5 Å². The van der Waals surface area contributed by atoms with E-state index in [9.17, 15) is 15.0 Å². The van der Waals surface area contributed by atoms with Gasteiger partial charge in [0.15, 0.2) is 0 Å². The third-order valence-corrected chi connectivity index (χ3v) is 2.50. The van der Waals surface area contributed by atoms with E-state index in [0.29, 0.717) is 6.42 Å². The number of aldehydes is 1. The maximum Gasteiger partial charge on any atom is 0.125 e. The molecule has 2 rings (SSSR count). The van der Waals surface area contributed by atoms with Crippen molar-refractivity contribution in [3.63, 3.8) is 0 Å². The fourth-order valence-corrected chi connectivity index (χ4v) is 1.86. The van der Waals surface area contributed by atoms with Crippen LogP contribution in [0.3, 0.4) is 0 Å². The lowest BCUT2D eigenvalue weighted by Gasteiger charge is -2.22. The first kappa shape index (κ1) is 7.21. The van der Waals surface area contributed by atoms with Crippen LogP contribution in [0.15, 0.2) is 0 Å². The van der Waals surface area contributed by atoms with Crippen LogP contribution in [0.2, 0.25) is 0 Å². The number of aliphatic hydroxyl groups excluding tert-OH is 2. The molecule has 0 saturated carbocycles. The summed E-state index contributed by atoms with van der Waals surface area (Å²) in [5.74, 6) is -0.224. The zero-order valence-corrected chi connectivity index (χ0v) is 5.88. The standard InChI is InChI=1S/C7H10O4/c8-2-3-1-4-5(9)6(10)7(3)11-4/h2-7,9-10H,1H2/t3-,4+,5+,6+,7-/m1/s1. The third kappa shape index (κ3) is 0.834. The smallest absolute Gasteiger partial charge is 0.125 e. The summed E-state index contributed by atoms with van der Waals surface area (Å²) in [6, 6.07) is 0. The van der Waals surface area contributed by atoms with Crippen molar-refractivity contribution in [1.29, 1.82) is 0 Å². The van der Waals surface area contributed by atoms with Gasteiger partial charge in [-0.15, -0.1) is 0 Å². The van der Waals surface area contributed by atoms with E-state index in [-0.39, 0.29) is 12.0 Å². The minimum atomic E-state index is -0.871. The maximum atomic E-state index is 10.4. The van der Waals surface area contributed by atoms with E-state index in [1.807, 2.05) is 0 Å². The largest absolute Gasteiger partial charge is 0.388 e. The monoisotopic (exact) mass is 158 g/mol. The van der Waals surface area contributed by atoms with Crippen molar-refractivity contribution in [2.24, 2.45) is 5.92 Å². The number of fused-ring (bicyclic) bond motifs is 2. The van der Waals surface area contributed by atoms with Crippen LogP contribution in [0, 0.1) is 5.92 Å². The molecule has 2 aliphatic rings. The molecule has 2 bridgehead atoms. The number of rotatable bonds is 1. The number of carbonyl (C=O) groups excluding carboxylic acids is 1. The molecule has 0 unspecified atom stereocenters. The highest BCUT2D eigenvalue weighted by atomic mass is 16.5. The first-order chi connectivity index (χ1) is 5.24. The van der Waals surface area contributed by atoms with Gasteiger partial charge in [-0.25, -0.2) is 0 Å². The molecule has 0 amide bonds. The second-order valence-electron chi connectivity index (χ2n) is 3.16. The van der Waals surface area contributed by atoms with Gasteiger partial charge in [0.2, 0.25) is 0 Å². The first-order valence-electron chi connectivity index (χ1n) is 3.71. The summed E-state index contributed by atoms with van der Waals surface area (Å²) in [6.45, 7) is 0. The van der Waals surface area contributed by atoms with Gasteiger partial charge in [-0.1, -0.05) is 0 Å². The Morgan fingerprint density at radius 1 is 1.36 bits per heavy atom. The predicted octanol–water partition coefficient (Wildman–Crippen LogP) is -1.31. The lowest BCUT2D eigenvalue weighted by Crippen LogP contribution is -2.41. The molecule has 0 radical (unpaired) electrons. The van der Waals surface area contributed by atoms with Gasteiger partial charge in [0, 0.05) is 5.92 Å². The molecule has 0 spiro atoms. The Bertz CT molecular complexity index is 179. The van der Waals surface area contributed by atoms with Crippen molar-refractivity contribution in [2.45, 2.75) is 30.8 Å². The Hall–Kier alpha value is -0.450. The van der Waals surface area contributed by atoms with Crippen LogP contribution in [-0.4, -0.2) is 40.9 Å². The molecule has 0 aromatic rings. The molecule has 5 atom stereocenters. The zero-order valence-electron chi connectivity index (χ0n) is 5.88. The molecule has 2 fully saturated rings. The molecule has 4 nitrogen and oxygen atoms in total. The van der Waals surface area contributed by atoms with E-state index in [2.05, 4.69) is 0 Å². The van der Waals surface area contributed by atoms with Crippen molar-refractivity contribution in [1.82, 2.24) is 0 Å². The third-order valence-electron chi connectivity index (χ3n) is 2.50. The Labute approximate surface area is 63.8 Å². The molecule has 62 valence electrons. The fourth-order valence-electron chi connectivity index (χ4n) is 1.86. The lowest BCUT2D eigenvalue weighted by molar-refractivity contribution is -0.114. The lowest BCUT2D eigenvalue weighted by atomic mass is 9.86. The Kier molecular flexibility index (Phi) is 1.49. The van der Waals surface area contributed by atoms with E-state index in [0.717, 1.165) is 6.29 Å². The van der Waals surface area contributed by atoms with Gasteiger partial charge >= 0.3 is 0 Å². The first-order valence-corrected chi connectivity index (χ1v) is 3.71. The second kappa shape index (κ2) is 2.27. The van der Waals surface area contributed by atoms with Crippen LogP contribution in [0.25, 0.3) is 0 Å². The minimum absolute atomic E-state index is 0.224. The molecular weight excluding hydrogens is 148 g/mol. The summed E-state index contributed by atoms with van der Waals surface area (Å²) >= 11 is 0. The van der Waals surface area contributed by atoms with Gasteiger partial charge < -0.3 is 19.7 Å². The molecule has 2 N–H and O–H groups in total. The highest BCUT2D eigenvalue weighted by Crippen LogP contribution is 2.38. The summed E-state index contributed by atoms with van der Waals surface area (Å²) in [5, 5.41) is 18.5. The molecule has 0 aliphatic carbocycles. The molecule has 2 heterocycles. The van der Waals surface area contributed by atoms with Crippen molar-refractivity contribution < 1.29 is 19.7 Å². The van der Waals surface area contributed by atoms with Crippen molar-refractivity contribution >= 4 is 6.29 Å². The summed E-state index contributed by atoms with van der Waals surface area (Å²) in [7, 11) is 0. The second-order valence-corrected chi connectivity index (χ2v) is 3.16. The average molecular weight is 158 g/mol. The van der Waals surface area contributed by atoms with Crippen LogP contribution in [-0.2, 0) is 9.53 Å². The van der Waals surface area contributed by atoms with Crippen molar-refractivity contribution in [3.05, 3.63) is 0 Å². The molecular formula is C7H10O4. The van der Waals surface area contributed by atoms with Crippen LogP contribution in [0.4, 0.5) is 0 Å². The molecule has 11 heavy (non-hydrogen) atoms. The van der Waals surface area contributed by atoms with E-state index in [4.69, 9.17) is 4.74 Å². The average Bonchev–Trinajstić information content (AvgIpc) is 2.53. The van der Waals surface area contributed by atoms with Crippen LogP contribution < -0.4 is 0 Å². The molecule has 0 aromatic carbocycles. The number of hydrogen-bond donors (Lipinski definition) is 2. The van der Waals surface area contributed by atoms with E-state index in [1.165, 1.54) is 0 Å². The molecule has 4 heteroatoms. The van der Waals surface area contributed by atoms with Crippen molar-refractivity contribution in [2.75, 3.05) is 0 Å². The number of hydrogen-bond acceptors (Lipinski definition) is 4. The Morgan fingerprint density at radius 2 is 2.09 bits per heavy atom. The maximum absolute atomic E-state index is 10.4. The van der Waals surface area contributed by atoms with Crippen LogP contribution in [0.1, 0.15) is 6.42 Å². The summed E-state index contributed by atoms with van der Waals surface area (Å²) in [6.07, 6.45) is -1.12. The van der Waals surface area contributed by atoms with Gasteiger partial charge in [-0.3, -0.25) is 0 Å². The molecule has 2 aliphatic heterocycles. The van der Waals surface area contributed by atoms with Gasteiger partial charge in [-0.2, -0.15) is 0 Å². The van der Waals surface area contributed by atoms with Crippen LogP contribution in [0.5, 0.6) is 0 Å². The van der Waals surface area contributed by atoms with E-state index < -0.39 is 18.3 Å². The quantitative estimate of drug-likeness (QED) is 0.465. The van der Waals surface area contributed by atoms with E-state index >= 15 is 0 Å². The highest BCUT2D eigenvalue weighted by molar-refractivity contribution is 5.56. The van der Waals surface area contributed by atoms with E-state index in [1.54, 1.807) is 0 Å². The van der Waals surface area contributed by atoms with Gasteiger partial charge in [-0.05, 0) is 6.42 Å². The molecule has 0 aromatic heterocycles.